The minimum absolute atomic E-state index is 0.0455. The van der Waals surface area contributed by atoms with Gasteiger partial charge in [-0.1, -0.05) is 11.8 Å². The van der Waals surface area contributed by atoms with Gasteiger partial charge in [-0.2, -0.15) is 0 Å². The van der Waals surface area contributed by atoms with Crippen molar-refractivity contribution < 1.29 is 20.1 Å². The van der Waals surface area contributed by atoms with Gasteiger partial charge in [-0.05, 0) is 6.26 Å². The average molecular weight is 304 g/mol. The fourth-order valence-corrected chi connectivity index (χ4v) is 2.25. The van der Waals surface area contributed by atoms with Crippen molar-refractivity contribution in [3.05, 3.63) is 10.4 Å². The molecule has 0 spiro atoms. The molecular formula is C10H16N4O5S. The molecule has 1 saturated heterocycles. The van der Waals surface area contributed by atoms with Gasteiger partial charge in [0, 0.05) is 0 Å². The van der Waals surface area contributed by atoms with E-state index in [1.807, 2.05) is 0 Å². The number of aromatic amines is 1. The molecule has 9 nitrogen and oxygen atoms in total. The predicted molar refractivity (Wildman–Crippen MR) is 72.4 cm³/mol. The van der Waals surface area contributed by atoms with Crippen molar-refractivity contribution in [3.63, 3.8) is 0 Å². The van der Waals surface area contributed by atoms with E-state index in [0.717, 1.165) is 0 Å². The molecule has 0 radical (unpaired) electrons. The molecule has 1 unspecified atom stereocenters. The molecule has 1 fully saturated rings. The minimum Gasteiger partial charge on any atom is -0.394 e. The second-order valence-corrected chi connectivity index (χ2v) is 5.03. The molecule has 0 aliphatic carbocycles. The van der Waals surface area contributed by atoms with Gasteiger partial charge in [-0.15, -0.1) is 0 Å². The van der Waals surface area contributed by atoms with E-state index >= 15 is 0 Å². The molecule has 1 aromatic rings. The summed E-state index contributed by atoms with van der Waals surface area (Å²) >= 11 is 1.23. The van der Waals surface area contributed by atoms with E-state index in [-0.39, 0.29) is 11.5 Å². The third-order valence-electron chi connectivity index (χ3n) is 2.95. The fraction of sp³-hybridized carbons (Fsp3) is 0.600. The number of thioether (sulfide) groups is 1. The zero-order valence-electron chi connectivity index (χ0n) is 10.6. The number of H-pyrrole nitrogens is 1. The van der Waals surface area contributed by atoms with Crippen LogP contribution in [0.15, 0.2) is 9.95 Å². The van der Waals surface area contributed by atoms with Gasteiger partial charge in [0.05, 0.1) is 6.61 Å². The van der Waals surface area contributed by atoms with Gasteiger partial charge in [0.15, 0.2) is 17.2 Å². The van der Waals surface area contributed by atoms with Crippen molar-refractivity contribution in [1.82, 2.24) is 9.97 Å². The molecular weight excluding hydrogens is 288 g/mol. The van der Waals surface area contributed by atoms with Crippen molar-refractivity contribution in [2.75, 3.05) is 23.9 Å². The molecule has 1 aromatic heterocycles. The predicted octanol–water partition coefficient (Wildman–Crippen LogP) is -2.08. The van der Waals surface area contributed by atoms with E-state index in [4.69, 9.17) is 15.6 Å². The number of hydrogen-bond acceptors (Lipinski definition) is 9. The Labute approximate surface area is 118 Å². The summed E-state index contributed by atoms with van der Waals surface area (Å²) in [7, 11) is 0. The molecule has 20 heavy (non-hydrogen) atoms. The first-order chi connectivity index (χ1) is 9.47. The van der Waals surface area contributed by atoms with Gasteiger partial charge in [-0.25, -0.2) is 4.98 Å². The van der Waals surface area contributed by atoms with Gasteiger partial charge in [0.1, 0.15) is 24.0 Å². The maximum absolute atomic E-state index is 11.8. The standard InChI is InChI=1S/C10H16N4O5S/c1-20-10-13-7(11)4(8(18)14-10)12-9-6(17)5(16)3(2-15)19-9/h3,5-6,9,12,15-17H,2H2,1H3,(H3,11,13,14,18)/t3-,5-,6+,9?/m0/s1. The van der Waals surface area contributed by atoms with Gasteiger partial charge in [-0.3, -0.25) is 9.78 Å². The molecule has 0 saturated carbocycles. The number of nitrogens with one attached hydrogen (secondary N) is 2. The molecule has 10 heteroatoms. The van der Waals surface area contributed by atoms with Crippen LogP contribution in [0.3, 0.4) is 0 Å². The molecule has 112 valence electrons. The molecule has 4 atom stereocenters. The highest BCUT2D eigenvalue weighted by molar-refractivity contribution is 7.98. The lowest BCUT2D eigenvalue weighted by Gasteiger charge is -2.17. The molecule has 0 aromatic carbocycles. The zero-order valence-corrected chi connectivity index (χ0v) is 11.4. The van der Waals surface area contributed by atoms with Crippen molar-refractivity contribution >= 4 is 23.3 Å². The number of nitrogens with two attached hydrogens (primary N) is 1. The van der Waals surface area contributed by atoms with Gasteiger partial charge in [0.25, 0.3) is 5.56 Å². The minimum atomic E-state index is -1.30. The summed E-state index contributed by atoms with van der Waals surface area (Å²) < 4.78 is 5.20. The Morgan fingerprint density at radius 1 is 1.50 bits per heavy atom. The number of rotatable bonds is 4. The second kappa shape index (κ2) is 5.97. The zero-order chi connectivity index (χ0) is 14.9. The van der Waals surface area contributed by atoms with E-state index in [0.29, 0.717) is 5.16 Å². The maximum atomic E-state index is 11.8. The normalized spacial score (nSPS) is 29.6. The summed E-state index contributed by atoms with van der Waals surface area (Å²) in [6.07, 6.45) is -2.81. The first-order valence-corrected chi connectivity index (χ1v) is 7.03. The average Bonchev–Trinajstić information content (AvgIpc) is 2.70. The Bertz CT molecular complexity index is 539. The van der Waals surface area contributed by atoms with E-state index in [1.54, 1.807) is 6.26 Å². The molecule has 0 bridgehead atoms. The van der Waals surface area contributed by atoms with Gasteiger partial charge >= 0.3 is 0 Å². The van der Waals surface area contributed by atoms with Crippen LogP contribution >= 0.6 is 11.8 Å². The first-order valence-electron chi connectivity index (χ1n) is 5.80. The third-order valence-corrected chi connectivity index (χ3v) is 3.53. The molecule has 1 aliphatic rings. The number of aromatic nitrogens is 2. The monoisotopic (exact) mass is 304 g/mol. The van der Waals surface area contributed by atoms with Crippen LogP contribution in [0.25, 0.3) is 0 Å². The summed E-state index contributed by atoms with van der Waals surface area (Å²) in [5, 5.41) is 31.3. The van der Waals surface area contributed by atoms with E-state index < -0.39 is 36.7 Å². The quantitative estimate of drug-likeness (QED) is 0.272. The van der Waals surface area contributed by atoms with Crippen molar-refractivity contribution in [1.29, 1.82) is 0 Å². The summed E-state index contributed by atoms with van der Waals surface area (Å²) in [6.45, 7) is -0.452. The maximum Gasteiger partial charge on any atom is 0.277 e. The van der Waals surface area contributed by atoms with Crippen LogP contribution in [0.4, 0.5) is 11.5 Å². The second-order valence-electron chi connectivity index (χ2n) is 4.24. The summed E-state index contributed by atoms with van der Waals surface area (Å²) in [5.74, 6) is -0.0455. The topological polar surface area (TPSA) is 154 Å². The largest absolute Gasteiger partial charge is 0.394 e. The van der Waals surface area contributed by atoms with Crippen LogP contribution in [0.1, 0.15) is 0 Å². The Morgan fingerprint density at radius 2 is 2.20 bits per heavy atom. The summed E-state index contributed by atoms with van der Waals surface area (Å²) in [6, 6.07) is 0. The number of nitrogen functional groups attached to an aromatic ring is 1. The van der Waals surface area contributed by atoms with Crippen molar-refractivity contribution in [2.45, 2.75) is 29.7 Å². The highest BCUT2D eigenvalue weighted by Crippen LogP contribution is 2.23. The summed E-state index contributed by atoms with van der Waals surface area (Å²) in [5.41, 5.74) is 5.10. The summed E-state index contributed by atoms with van der Waals surface area (Å²) in [4.78, 5) is 18.3. The number of aliphatic hydroxyl groups excluding tert-OH is 3. The lowest BCUT2D eigenvalue weighted by Crippen LogP contribution is -2.38. The Balaban J connectivity index is 2.21. The fourth-order valence-electron chi connectivity index (χ4n) is 1.87. The van der Waals surface area contributed by atoms with Crippen LogP contribution < -0.4 is 16.6 Å². The SMILES string of the molecule is CSc1nc(N)c(NC2O[C@@H](CO)[C@H](O)[C@H]2O)c(=O)[nH]1. The lowest BCUT2D eigenvalue weighted by molar-refractivity contribution is -0.0153. The lowest BCUT2D eigenvalue weighted by atomic mass is 10.1. The van der Waals surface area contributed by atoms with E-state index in [2.05, 4.69) is 15.3 Å². The van der Waals surface area contributed by atoms with E-state index in [9.17, 15) is 15.0 Å². The van der Waals surface area contributed by atoms with Crippen LogP contribution in [0, 0.1) is 0 Å². The van der Waals surface area contributed by atoms with Crippen molar-refractivity contribution in [3.8, 4) is 0 Å². The van der Waals surface area contributed by atoms with E-state index in [1.165, 1.54) is 11.8 Å². The Morgan fingerprint density at radius 3 is 2.70 bits per heavy atom. The van der Waals surface area contributed by atoms with Crippen LogP contribution in [-0.4, -0.2) is 62.7 Å². The number of hydrogen-bond donors (Lipinski definition) is 6. The molecule has 7 N–H and O–H groups in total. The third kappa shape index (κ3) is 2.74. The first kappa shape index (κ1) is 15.1. The molecule has 0 amide bonds. The highest BCUT2D eigenvalue weighted by atomic mass is 32.2. The highest BCUT2D eigenvalue weighted by Gasteiger charge is 2.42. The number of anilines is 2. The number of nitrogens with zero attached hydrogens (tertiary/aromatic N) is 1. The van der Waals surface area contributed by atoms with Crippen LogP contribution in [-0.2, 0) is 4.74 Å². The smallest absolute Gasteiger partial charge is 0.277 e. The Hall–Kier alpha value is -1.33. The molecule has 2 heterocycles. The number of aliphatic hydroxyl groups is 3. The van der Waals surface area contributed by atoms with Crippen LogP contribution in [0.5, 0.6) is 0 Å². The van der Waals surface area contributed by atoms with Gasteiger partial charge in [0.2, 0.25) is 0 Å². The molecule has 2 rings (SSSR count). The Kier molecular flexibility index (Phi) is 4.50. The molecule has 1 aliphatic heterocycles. The van der Waals surface area contributed by atoms with Crippen molar-refractivity contribution in [2.24, 2.45) is 0 Å². The van der Waals surface area contributed by atoms with Crippen LogP contribution in [0.2, 0.25) is 0 Å². The van der Waals surface area contributed by atoms with Gasteiger partial charge < -0.3 is 31.1 Å². The number of ether oxygens (including phenoxy) is 1.